The largest absolute Gasteiger partial charge is 0.506 e. The van der Waals surface area contributed by atoms with E-state index in [0.717, 1.165) is 12.1 Å². The van der Waals surface area contributed by atoms with Gasteiger partial charge in [0.15, 0.2) is 0 Å². The molecule has 0 aliphatic carbocycles. The fourth-order valence-corrected chi connectivity index (χ4v) is 6.37. The van der Waals surface area contributed by atoms with E-state index < -0.39 is 88.1 Å². The second-order valence-electron chi connectivity index (χ2n) is 13.1. The first kappa shape index (κ1) is 44.0. The molecule has 0 aromatic heterocycles. The van der Waals surface area contributed by atoms with Gasteiger partial charge in [-0.15, -0.1) is 0 Å². The zero-order valence-electron chi connectivity index (χ0n) is 28.1. The summed E-state index contributed by atoms with van der Waals surface area (Å²) in [7, 11) is 0. The molecule has 0 radical (unpaired) electrons. The second kappa shape index (κ2) is 18.5. The van der Waals surface area contributed by atoms with Gasteiger partial charge < -0.3 is 21.7 Å². The predicted octanol–water partition coefficient (Wildman–Crippen LogP) is 12.1. The number of alkyl halides is 12. The molecule has 0 heterocycles. The minimum absolute atomic E-state index is 0.0490. The van der Waals surface area contributed by atoms with Crippen molar-refractivity contribution in [3.63, 3.8) is 0 Å². The van der Waals surface area contributed by atoms with Crippen molar-refractivity contribution in [2.45, 2.75) is 146 Å². The van der Waals surface area contributed by atoms with E-state index in [9.17, 15) is 36.6 Å². The number of aryl methyl sites for hydroxylation is 2. The van der Waals surface area contributed by atoms with Crippen LogP contribution in [0.3, 0.4) is 0 Å². The summed E-state index contributed by atoms with van der Waals surface area (Å²) in [5, 5.41) is 20.6. The average molecular weight is 755 g/mol. The number of hydrogen-bond acceptors (Lipinski definition) is 4. The van der Waals surface area contributed by atoms with Crippen molar-refractivity contribution < 1.29 is 62.9 Å². The van der Waals surface area contributed by atoms with Gasteiger partial charge >= 0.3 is 24.7 Å². The van der Waals surface area contributed by atoms with E-state index in [1.165, 1.54) is 0 Å². The molecule has 0 aliphatic rings. The zero-order valence-corrected chi connectivity index (χ0v) is 28.1. The van der Waals surface area contributed by atoms with Gasteiger partial charge in [-0.3, -0.25) is 0 Å². The van der Waals surface area contributed by atoms with E-state index in [0.29, 0.717) is 76.3 Å². The van der Waals surface area contributed by atoms with Crippen molar-refractivity contribution in [2.24, 2.45) is 0 Å². The Labute approximate surface area is 289 Å². The molecule has 0 saturated heterocycles. The van der Waals surface area contributed by atoms with Crippen LogP contribution in [0, 0.1) is 0 Å². The number of phenols is 2. The van der Waals surface area contributed by atoms with Gasteiger partial charge in [0.25, 0.3) is 0 Å². The van der Waals surface area contributed by atoms with Crippen LogP contribution in [-0.4, -0.2) is 34.9 Å². The van der Waals surface area contributed by atoms with Crippen LogP contribution in [0.4, 0.5) is 64.1 Å². The highest BCUT2D eigenvalue weighted by Crippen LogP contribution is 2.59. The second-order valence-corrected chi connectivity index (χ2v) is 13.1. The van der Waals surface area contributed by atoms with E-state index in [2.05, 4.69) is 0 Å². The lowest BCUT2D eigenvalue weighted by Gasteiger charge is -2.41. The monoisotopic (exact) mass is 754 g/mol. The molecule has 0 atom stereocenters. The van der Waals surface area contributed by atoms with Crippen LogP contribution in [0.1, 0.15) is 125 Å². The summed E-state index contributed by atoms with van der Waals surface area (Å²) in [4.78, 5) is 0. The molecule has 6 N–H and O–H groups in total. The summed E-state index contributed by atoms with van der Waals surface area (Å²) in [6, 6.07) is 2.45. The number of unbranched alkanes of at least 4 members (excludes halogenated alkanes) is 12. The van der Waals surface area contributed by atoms with Gasteiger partial charge in [0.2, 0.25) is 5.41 Å². The summed E-state index contributed by atoms with van der Waals surface area (Å²) in [5.41, 5.74) is 1.82. The van der Waals surface area contributed by atoms with Crippen molar-refractivity contribution >= 4 is 11.4 Å². The van der Waals surface area contributed by atoms with Crippen LogP contribution in [0.5, 0.6) is 11.5 Å². The van der Waals surface area contributed by atoms with Crippen molar-refractivity contribution in [1.29, 1.82) is 0 Å². The number of nitrogen functional groups attached to an aromatic ring is 2. The Kier molecular flexibility index (Phi) is 16.0. The molecule has 2 aromatic rings. The van der Waals surface area contributed by atoms with Crippen LogP contribution < -0.4 is 11.5 Å². The fourth-order valence-electron chi connectivity index (χ4n) is 6.37. The Hall–Kier alpha value is -3.20. The Morgan fingerprint density at radius 3 is 0.961 bits per heavy atom. The minimum atomic E-state index is -6.03. The summed E-state index contributed by atoms with van der Waals surface area (Å²) in [5.74, 6) is -1.44. The Balaban J connectivity index is 2.38. The molecule has 16 heteroatoms. The molecule has 292 valence electrons. The summed E-state index contributed by atoms with van der Waals surface area (Å²) < 4.78 is 166. The van der Waals surface area contributed by atoms with E-state index in [4.69, 9.17) is 11.5 Å². The molecule has 2 aromatic carbocycles. The Bertz CT molecular complexity index is 1270. The van der Waals surface area contributed by atoms with Gasteiger partial charge in [0.1, 0.15) is 11.5 Å². The molecule has 0 aliphatic heterocycles. The number of anilines is 2. The third kappa shape index (κ3) is 13.1. The zero-order chi connectivity index (χ0) is 38.7. The molecular weight excluding hydrogens is 708 g/mol. The highest BCUT2D eigenvalue weighted by Gasteiger charge is 2.73. The SMILES string of the molecule is Nc1cc(C(c2cc(N)c(O)cc2CCCCCCCCCC(F)(F)F)(C(F)(F)F)C(F)(F)F)c(CCCCCCCCCC(F)(F)F)cc1O. The van der Waals surface area contributed by atoms with Crippen LogP contribution in [0.2, 0.25) is 0 Å². The average Bonchev–Trinajstić information content (AvgIpc) is 2.97. The number of halogens is 12. The summed E-state index contributed by atoms with van der Waals surface area (Å²) in [6.45, 7) is 0. The third-order valence-corrected chi connectivity index (χ3v) is 8.98. The van der Waals surface area contributed by atoms with Crippen molar-refractivity contribution in [3.05, 3.63) is 46.5 Å². The Morgan fingerprint density at radius 2 is 0.686 bits per heavy atom. The third-order valence-electron chi connectivity index (χ3n) is 8.98. The molecule has 0 bridgehead atoms. The van der Waals surface area contributed by atoms with Gasteiger partial charge in [-0.2, -0.15) is 52.7 Å². The quantitative estimate of drug-likeness (QED) is 0.0469. The molecule has 0 spiro atoms. The standard InChI is InChI=1S/C35H46F12N2O2/c36-31(37,38)17-13-9-5-1-3-7-11-15-23-19-29(50)27(48)21-25(23)33(34(42,43)44,35(45,46)47)26-22-28(49)30(51)20-24(26)16-12-8-4-2-6-10-14-18-32(39,40)41/h19-22,50-51H,1-18,48-49H2. The van der Waals surface area contributed by atoms with Gasteiger partial charge in [-0.25, -0.2) is 0 Å². The maximum absolute atomic E-state index is 15.3. The molecular formula is C35H46F12N2O2. The molecule has 2 rings (SSSR count). The number of rotatable bonds is 20. The van der Waals surface area contributed by atoms with Crippen molar-refractivity contribution in [3.8, 4) is 11.5 Å². The number of phenolic OH excluding ortho intramolecular Hbond substituents is 2. The molecule has 0 amide bonds. The van der Waals surface area contributed by atoms with Crippen LogP contribution in [0.15, 0.2) is 24.3 Å². The van der Waals surface area contributed by atoms with E-state index in [-0.39, 0.29) is 38.5 Å². The van der Waals surface area contributed by atoms with Crippen molar-refractivity contribution in [1.82, 2.24) is 0 Å². The van der Waals surface area contributed by atoms with Gasteiger partial charge in [0, 0.05) is 12.8 Å². The topological polar surface area (TPSA) is 92.5 Å². The maximum Gasteiger partial charge on any atom is 0.411 e. The first-order chi connectivity index (χ1) is 23.5. The fraction of sp³-hybridized carbons (Fsp3) is 0.657. The van der Waals surface area contributed by atoms with Crippen LogP contribution in [-0.2, 0) is 18.3 Å². The molecule has 0 saturated carbocycles. The van der Waals surface area contributed by atoms with Gasteiger partial charge in [-0.05, 0) is 85.0 Å². The minimum Gasteiger partial charge on any atom is -0.506 e. The molecule has 0 fully saturated rings. The van der Waals surface area contributed by atoms with E-state index in [1.807, 2.05) is 0 Å². The first-order valence-corrected chi connectivity index (χ1v) is 17.0. The highest BCUT2D eigenvalue weighted by atomic mass is 19.4. The van der Waals surface area contributed by atoms with E-state index >= 15 is 26.3 Å². The van der Waals surface area contributed by atoms with Crippen LogP contribution in [0.25, 0.3) is 0 Å². The van der Waals surface area contributed by atoms with Crippen LogP contribution >= 0.6 is 0 Å². The molecule has 0 unspecified atom stereocenters. The summed E-state index contributed by atoms with van der Waals surface area (Å²) >= 11 is 0. The normalized spacial score (nSPS) is 13.3. The maximum atomic E-state index is 15.3. The number of aromatic hydroxyl groups is 2. The Morgan fingerprint density at radius 1 is 0.412 bits per heavy atom. The van der Waals surface area contributed by atoms with Crippen molar-refractivity contribution in [2.75, 3.05) is 11.5 Å². The predicted molar refractivity (Wildman–Crippen MR) is 171 cm³/mol. The lowest BCUT2D eigenvalue weighted by Crippen LogP contribution is -2.55. The number of hydrogen-bond donors (Lipinski definition) is 4. The summed E-state index contributed by atoms with van der Waals surface area (Å²) in [6.07, 6.45) is -18.7. The lowest BCUT2D eigenvalue weighted by atomic mass is 9.68. The smallest absolute Gasteiger partial charge is 0.411 e. The molecule has 4 nitrogen and oxygen atoms in total. The van der Waals surface area contributed by atoms with E-state index in [1.54, 1.807) is 0 Å². The van der Waals surface area contributed by atoms with Gasteiger partial charge in [-0.1, -0.05) is 64.2 Å². The highest BCUT2D eigenvalue weighted by molar-refractivity contribution is 5.65. The van der Waals surface area contributed by atoms with Gasteiger partial charge in [0.05, 0.1) is 11.4 Å². The number of nitrogens with two attached hydrogens (primary N) is 2. The lowest BCUT2D eigenvalue weighted by molar-refractivity contribution is -0.289. The molecule has 51 heavy (non-hydrogen) atoms. The first-order valence-electron chi connectivity index (χ1n) is 17.0. The number of benzene rings is 2.